The molecule has 0 aromatic carbocycles. The number of anilines is 1. The average Bonchev–Trinajstić information content (AvgIpc) is 2.81. The summed E-state index contributed by atoms with van der Waals surface area (Å²) in [6.45, 7) is 0. The molecule has 0 radical (unpaired) electrons. The maximum absolute atomic E-state index is 13.4. The fourth-order valence-electron chi connectivity index (χ4n) is 3.33. The van der Waals surface area contributed by atoms with Gasteiger partial charge in [-0.1, -0.05) is 25.7 Å². The van der Waals surface area contributed by atoms with Crippen molar-refractivity contribution < 1.29 is 17.2 Å². The van der Waals surface area contributed by atoms with Gasteiger partial charge in [0.1, 0.15) is 23.1 Å². The number of rotatable bonds is 5. The summed E-state index contributed by atoms with van der Waals surface area (Å²) in [4.78, 5) is 4.07. The predicted molar refractivity (Wildman–Crippen MR) is 99.3 cm³/mol. The fraction of sp³-hybridized carbons (Fsp3) is 0.500. The monoisotopic (exact) mass is 409 g/mol. The van der Waals surface area contributed by atoms with Crippen LogP contribution in [0.5, 0.6) is 0 Å². The first-order valence-electron chi connectivity index (χ1n) is 9.05. The van der Waals surface area contributed by atoms with Gasteiger partial charge >= 0.3 is 0 Å². The molecule has 1 fully saturated rings. The van der Waals surface area contributed by atoms with Gasteiger partial charge < -0.3 is 5.32 Å². The molecule has 0 spiro atoms. The lowest BCUT2D eigenvalue weighted by molar-refractivity contribution is 0.145. The third kappa shape index (κ3) is 4.30. The van der Waals surface area contributed by atoms with Gasteiger partial charge in [-0.2, -0.15) is 15.0 Å². The van der Waals surface area contributed by atoms with Crippen molar-refractivity contribution in [1.29, 1.82) is 5.26 Å². The van der Waals surface area contributed by atoms with E-state index >= 15 is 0 Å². The van der Waals surface area contributed by atoms with Gasteiger partial charge in [-0.05, 0) is 25.0 Å². The first kappa shape index (κ1) is 20.2. The van der Waals surface area contributed by atoms with Gasteiger partial charge in [-0.25, -0.2) is 22.2 Å². The van der Waals surface area contributed by atoms with Crippen LogP contribution in [0.25, 0.3) is 5.82 Å². The molecular weight excluding hydrogens is 388 g/mol. The van der Waals surface area contributed by atoms with Crippen molar-refractivity contribution in [3.8, 4) is 11.9 Å². The van der Waals surface area contributed by atoms with Crippen molar-refractivity contribution in [3.05, 3.63) is 29.6 Å². The average molecular weight is 409 g/mol. The number of hydrogen-bond donors (Lipinski definition) is 1. The number of hydrogen-bond acceptors (Lipinski definition) is 6. The molecule has 1 aliphatic rings. The highest BCUT2D eigenvalue weighted by molar-refractivity contribution is 7.90. The van der Waals surface area contributed by atoms with E-state index in [9.17, 15) is 22.5 Å². The molecule has 1 N–H and O–H groups in total. The van der Waals surface area contributed by atoms with Gasteiger partial charge in [0.15, 0.2) is 15.7 Å². The van der Waals surface area contributed by atoms with Crippen molar-refractivity contribution in [2.24, 2.45) is 0 Å². The first-order valence-corrected chi connectivity index (χ1v) is 10.9. The van der Waals surface area contributed by atoms with E-state index in [0.717, 1.165) is 55.7 Å². The third-order valence-electron chi connectivity index (χ3n) is 4.79. The van der Waals surface area contributed by atoms with E-state index in [1.54, 1.807) is 0 Å². The van der Waals surface area contributed by atoms with Crippen molar-refractivity contribution in [2.45, 2.75) is 55.9 Å². The molecule has 0 bridgehead atoms. The summed E-state index contributed by atoms with van der Waals surface area (Å²) < 4.78 is 51.3. The normalized spacial score (nSPS) is 16.0. The SMILES string of the molecule is CS(=O)(=O)c1ccc(-n2nc(C(F)F)c(C#N)c2NC2CCCCCC2)nc1. The number of nitrogens with one attached hydrogen (secondary N) is 1. The zero-order valence-corrected chi connectivity index (χ0v) is 16.2. The second-order valence-electron chi connectivity index (χ2n) is 6.89. The zero-order chi connectivity index (χ0) is 20.3. The summed E-state index contributed by atoms with van der Waals surface area (Å²) >= 11 is 0. The van der Waals surface area contributed by atoms with Crippen molar-refractivity contribution >= 4 is 15.7 Å². The molecule has 2 aromatic rings. The van der Waals surface area contributed by atoms with Crippen LogP contribution in [0, 0.1) is 11.3 Å². The summed E-state index contributed by atoms with van der Waals surface area (Å²) in [7, 11) is -3.44. The largest absolute Gasteiger partial charge is 0.366 e. The summed E-state index contributed by atoms with van der Waals surface area (Å²) in [6.07, 6.45) is 5.34. The molecule has 10 heteroatoms. The first-order chi connectivity index (χ1) is 13.3. The Kier molecular flexibility index (Phi) is 5.93. The van der Waals surface area contributed by atoms with E-state index in [4.69, 9.17) is 0 Å². The zero-order valence-electron chi connectivity index (χ0n) is 15.4. The second kappa shape index (κ2) is 8.22. The van der Waals surface area contributed by atoms with E-state index in [2.05, 4.69) is 15.4 Å². The van der Waals surface area contributed by atoms with Crippen molar-refractivity contribution in [1.82, 2.24) is 14.8 Å². The Morgan fingerprint density at radius 2 is 1.93 bits per heavy atom. The Labute approximate surface area is 162 Å². The molecule has 7 nitrogen and oxygen atoms in total. The summed E-state index contributed by atoms with van der Waals surface area (Å²) in [5.74, 6) is 0.330. The number of sulfone groups is 1. The molecular formula is C18H21F2N5O2S. The van der Waals surface area contributed by atoms with Gasteiger partial charge in [-0.3, -0.25) is 0 Å². The molecule has 0 aliphatic heterocycles. The Morgan fingerprint density at radius 3 is 2.43 bits per heavy atom. The van der Waals surface area contributed by atoms with Gasteiger partial charge in [-0.15, -0.1) is 0 Å². The summed E-state index contributed by atoms with van der Waals surface area (Å²) in [6, 6.07) is 4.60. The lowest BCUT2D eigenvalue weighted by Gasteiger charge is -2.18. The highest BCUT2D eigenvalue weighted by Crippen LogP contribution is 2.31. The smallest absolute Gasteiger partial charge is 0.283 e. The lowest BCUT2D eigenvalue weighted by Crippen LogP contribution is -2.21. The van der Waals surface area contributed by atoms with Crippen LogP contribution >= 0.6 is 0 Å². The topological polar surface area (TPSA) is 101 Å². The number of aromatic nitrogens is 3. The van der Waals surface area contributed by atoms with Gasteiger partial charge in [0.05, 0.1) is 4.90 Å². The molecule has 0 saturated heterocycles. The standard InChI is InChI=1S/C18H21F2N5O2S/c1-28(26,27)13-8-9-15(22-11-13)25-18(14(10-21)16(24-25)17(19)20)23-12-6-4-2-3-5-7-12/h8-9,11-12,17,23H,2-7H2,1H3. The molecule has 3 rings (SSSR count). The molecule has 0 atom stereocenters. The second-order valence-corrected chi connectivity index (χ2v) is 8.91. The van der Waals surface area contributed by atoms with Gasteiger partial charge in [0, 0.05) is 18.5 Å². The minimum atomic E-state index is -3.44. The van der Waals surface area contributed by atoms with Crippen LogP contribution in [0.3, 0.4) is 0 Å². The molecule has 2 aromatic heterocycles. The third-order valence-corrected chi connectivity index (χ3v) is 5.89. The highest BCUT2D eigenvalue weighted by atomic mass is 32.2. The number of alkyl halides is 2. The molecule has 28 heavy (non-hydrogen) atoms. The number of nitriles is 1. The van der Waals surface area contributed by atoms with E-state index in [1.165, 1.54) is 12.1 Å². The maximum Gasteiger partial charge on any atom is 0.283 e. The van der Waals surface area contributed by atoms with E-state index < -0.39 is 22.0 Å². The quantitative estimate of drug-likeness (QED) is 0.757. The minimum absolute atomic E-state index is 0.0104. The Hall–Kier alpha value is -2.54. The summed E-state index contributed by atoms with van der Waals surface area (Å²) in [5.41, 5.74) is -0.833. The number of pyridine rings is 1. The molecule has 1 saturated carbocycles. The number of nitrogens with zero attached hydrogens (tertiary/aromatic N) is 4. The summed E-state index contributed by atoms with van der Waals surface area (Å²) in [5, 5.41) is 16.6. The van der Waals surface area contributed by atoms with Crippen LogP contribution in [0.2, 0.25) is 0 Å². The van der Waals surface area contributed by atoms with Gasteiger partial charge in [0.25, 0.3) is 6.43 Å². The molecule has 0 amide bonds. The Bertz CT molecular complexity index is 973. The van der Waals surface area contributed by atoms with E-state index in [1.807, 2.05) is 6.07 Å². The maximum atomic E-state index is 13.4. The molecule has 150 valence electrons. The van der Waals surface area contributed by atoms with Crippen LogP contribution in [0.4, 0.5) is 14.6 Å². The molecule has 2 heterocycles. The van der Waals surface area contributed by atoms with Crippen LogP contribution < -0.4 is 5.32 Å². The predicted octanol–water partition coefficient (Wildman–Crippen LogP) is 3.61. The highest BCUT2D eigenvalue weighted by Gasteiger charge is 2.27. The van der Waals surface area contributed by atoms with Crippen LogP contribution in [-0.4, -0.2) is 35.5 Å². The Balaban J connectivity index is 2.05. The van der Waals surface area contributed by atoms with Crippen LogP contribution in [0.15, 0.2) is 23.2 Å². The van der Waals surface area contributed by atoms with E-state index in [0.29, 0.717) is 0 Å². The van der Waals surface area contributed by atoms with Crippen LogP contribution in [0.1, 0.15) is 56.2 Å². The number of halogens is 2. The van der Waals surface area contributed by atoms with Crippen molar-refractivity contribution in [2.75, 3.05) is 11.6 Å². The lowest BCUT2D eigenvalue weighted by atomic mass is 10.1. The van der Waals surface area contributed by atoms with Crippen molar-refractivity contribution in [3.63, 3.8) is 0 Å². The van der Waals surface area contributed by atoms with Gasteiger partial charge in [0.2, 0.25) is 0 Å². The minimum Gasteiger partial charge on any atom is -0.366 e. The van der Waals surface area contributed by atoms with Crippen LogP contribution in [-0.2, 0) is 9.84 Å². The molecule has 0 unspecified atom stereocenters. The molecule has 1 aliphatic carbocycles. The van der Waals surface area contributed by atoms with E-state index in [-0.39, 0.29) is 28.1 Å². The fourth-order valence-corrected chi connectivity index (χ4v) is 3.89. The Morgan fingerprint density at radius 1 is 1.25 bits per heavy atom.